The average Bonchev–Trinajstić information content (AvgIpc) is 2.70. The lowest BCUT2D eigenvalue weighted by molar-refractivity contribution is 0.0659. The van der Waals surface area contributed by atoms with Crippen LogP contribution in [-0.4, -0.2) is 19.5 Å². The molecule has 0 fully saturated rings. The van der Waals surface area contributed by atoms with Gasteiger partial charge in [0.25, 0.3) is 0 Å². The van der Waals surface area contributed by atoms with Crippen LogP contribution in [0.15, 0.2) is 40.8 Å². The quantitative estimate of drug-likeness (QED) is 0.915. The van der Waals surface area contributed by atoms with Crippen LogP contribution < -0.4 is 0 Å². The van der Waals surface area contributed by atoms with Crippen molar-refractivity contribution in [2.45, 2.75) is 18.4 Å². The molecule has 0 aliphatic carbocycles. The van der Waals surface area contributed by atoms with Gasteiger partial charge in [0, 0.05) is 5.56 Å². The van der Waals surface area contributed by atoms with Crippen LogP contribution in [0.5, 0.6) is 0 Å². The average molecular weight is 294 g/mol. The summed E-state index contributed by atoms with van der Waals surface area (Å²) in [5.41, 5.74) is 1.11. The third-order valence-electron chi connectivity index (χ3n) is 2.75. The van der Waals surface area contributed by atoms with Gasteiger partial charge in [-0.25, -0.2) is 13.2 Å². The van der Waals surface area contributed by atoms with Crippen molar-refractivity contribution in [2.24, 2.45) is 0 Å². The van der Waals surface area contributed by atoms with E-state index in [9.17, 15) is 13.2 Å². The lowest BCUT2D eigenvalue weighted by Gasteiger charge is -2.02. The minimum absolute atomic E-state index is 0.101. The van der Waals surface area contributed by atoms with Crippen molar-refractivity contribution >= 4 is 15.8 Å². The van der Waals surface area contributed by atoms with Gasteiger partial charge in [0.2, 0.25) is 5.76 Å². The Hall–Kier alpha value is -2.08. The molecule has 1 aromatic heterocycles. The van der Waals surface area contributed by atoms with Crippen molar-refractivity contribution < 1.29 is 22.7 Å². The van der Waals surface area contributed by atoms with Crippen LogP contribution in [0.25, 0.3) is 0 Å². The Labute approximate surface area is 116 Å². The zero-order valence-corrected chi connectivity index (χ0v) is 11.7. The van der Waals surface area contributed by atoms with E-state index in [1.807, 2.05) is 6.07 Å². The highest BCUT2D eigenvalue weighted by atomic mass is 32.2. The fourth-order valence-electron chi connectivity index (χ4n) is 1.93. The molecule has 0 aliphatic heterocycles. The van der Waals surface area contributed by atoms with Gasteiger partial charge in [-0.05, 0) is 18.6 Å². The second kappa shape index (κ2) is 5.50. The van der Waals surface area contributed by atoms with E-state index in [0.717, 1.165) is 0 Å². The molecule has 2 aromatic rings. The van der Waals surface area contributed by atoms with E-state index in [-0.39, 0.29) is 23.0 Å². The Bertz CT molecular complexity index is 713. The number of sulfone groups is 1. The molecule has 1 aromatic carbocycles. The van der Waals surface area contributed by atoms with Crippen LogP contribution in [-0.2, 0) is 21.3 Å². The van der Waals surface area contributed by atoms with Crippen LogP contribution in [0.4, 0.5) is 0 Å². The summed E-state index contributed by atoms with van der Waals surface area (Å²) in [6.07, 6.45) is 0. The van der Waals surface area contributed by atoms with E-state index >= 15 is 0 Å². The van der Waals surface area contributed by atoms with Crippen molar-refractivity contribution in [3.8, 4) is 0 Å². The zero-order valence-electron chi connectivity index (χ0n) is 10.9. The van der Waals surface area contributed by atoms with Gasteiger partial charge in [-0.2, -0.15) is 0 Å². The first-order valence-electron chi connectivity index (χ1n) is 5.94. The molecule has 0 saturated carbocycles. The highest BCUT2D eigenvalue weighted by Crippen LogP contribution is 2.18. The maximum absolute atomic E-state index is 12.1. The molecular weight excluding hydrogens is 280 g/mol. The first-order valence-corrected chi connectivity index (χ1v) is 7.76. The molecule has 2 rings (SSSR count). The molecule has 0 amide bonds. The topological polar surface area (TPSA) is 84.6 Å². The summed E-state index contributed by atoms with van der Waals surface area (Å²) in [5, 5.41) is 8.87. The summed E-state index contributed by atoms with van der Waals surface area (Å²) in [7, 11) is -3.40. The monoisotopic (exact) mass is 294 g/mol. The van der Waals surface area contributed by atoms with E-state index in [0.29, 0.717) is 11.1 Å². The molecule has 0 unspecified atom stereocenters. The smallest absolute Gasteiger partial charge is 0.372 e. The normalized spacial score (nSPS) is 11.4. The SMILES string of the molecule is Cc1cc(CS(=O)(=O)Cc2ccccc2)oc1C(=O)O. The molecule has 0 radical (unpaired) electrons. The third-order valence-corrected chi connectivity index (χ3v) is 4.25. The Balaban J connectivity index is 2.16. The summed E-state index contributed by atoms with van der Waals surface area (Å²) in [5.74, 6) is -1.67. The van der Waals surface area contributed by atoms with E-state index in [1.165, 1.54) is 6.07 Å². The fourth-order valence-corrected chi connectivity index (χ4v) is 3.31. The highest BCUT2D eigenvalue weighted by Gasteiger charge is 2.19. The van der Waals surface area contributed by atoms with Crippen LogP contribution in [0, 0.1) is 6.92 Å². The molecule has 0 bridgehead atoms. The van der Waals surface area contributed by atoms with Gasteiger partial charge in [-0.1, -0.05) is 30.3 Å². The molecule has 1 N–H and O–H groups in total. The van der Waals surface area contributed by atoms with E-state index in [4.69, 9.17) is 9.52 Å². The fraction of sp³-hybridized carbons (Fsp3) is 0.214. The molecule has 0 spiro atoms. The Kier molecular flexibility index (Phi) is 3.94. The predicted molar refractivity (Wildman–Crippen MR) is 73.2 cm³/mol. The molecule has 106 valence electrons. The van der Waals surface area contributed by atoms with Crippen LogP contribution in [0.3, 0.4) is 0 Å². The van der Waals surface area contributed by atoms with Crippen molar-refractivity contribution in [2.75, 3.05) is 0 Å². The number of carboxylic acid groups (broad SMARTS) is 1. The number of aromatic carboxylic acids is 1. The lowest BCUT2D eigenvalue weighted by Crippen LogP contribution is -2.07. The summed E-state index contributed by atoms with van der Waals surface area (Å²) in [6, 6.07) is 10.3. The second-order valence-electron chi connectivity index (χ2n) is 4.55. The molecule has 5 nitrogen and oxygen atoms in total. The van der Waals surface area contributed by atoms with Crippen molar-refractivity contribution in [3.63, 3.8) is 0 Å². The Morgan fingerprint density at radius 3 is 2.40 bits per heavy atom. The molecule has 0 saturated heterocycles. The number of furan rings is 1. The van der Waals surface area contributed by atoms with Crippen LogP contribution >= 0.6 is 0 Å². The van der Waals surface area contributed by atoms with E-state index < -0.39 is 15.8 Å². The van der Waals surface area contributed by atoms with Crippen molar-refractivity contribution in [1.82, 2.24) is 0 Å². The molecule has 6 heteroatoms. The standard InChI is InChI=1S/C14H14O5S/c1-10-7-12(19-13(10)14(15)16)9-20(17,18)8-11-5-3-2-4-6-11/h2-7H,8-9H2,1H3,(H,15,16). The molecular formula is C14H14O5S. The minimum Gasteiger partial charge on any atom is -0.475 e. The van der Waals surface area contributed by atoms with Gasteiger partial charge in [0.1, 0.15) is 11.5 Å². The first-order chi connectivity index (χ1) is 9.37. The minimum atomic E-state index is -3.40. The summed E-state index contributed by atoms with van der Waals surface area (Å²) in [4.78, 5) is 10.8. The summed E-state index contributed by atoms with van der Waals surface area (Å²) in [6.45, 7) is 1.57. The molecule has 0 atom stereocenters. The van der Waals surface area contributed by atoms with E-state index in [1.54, 1.807) is 31.2 Å². The largest absolute Gasteiger partial charge is 0.475 e. The van der Waals surface area contributed by atoms with Crippen LogP contribution in [0.1, 0.15) is 27.4 Å². The molecule has 0 aliphatic rings. The summed E-state index contributed by atoms with van der Waals surface area (Å²) < 4.78 is 29.2. The summed E-state index contributed by atoms with van der Waals surface area (Å²) >= 11 is 0. The number of carbonyl (C=O) groups is 1. The third kappa shape index (κ3) is 3.48. The Morgan fingerprint density at radius 1 is 1.20 bits per heavy atom. The van der Waals surface area contributed by atoms with Gasteiger partial charge >= 0.3 is 5.97 Å². The predicted octanol–water partition coefficient (Wildman–Crippen LogP) is 2.40. The van der Waals surface area contributed by atoms with Gasteiger partial charge < -0.3 is 9.52 Å². The number of hydrogen-bond acceptors (Lipinski definition) is 4. The number of benzene rings is 1. The number of rotatable bonds is 5. The van der Waals surface area contributed by atoms with Crippen molar-refractivity contribution in [1.29, 1.82) is 0 Å². The van der Waals surface area contributed by atoms with E-state index in [2.05, 4.69) is 0 Å². The van der Waals surface area contributed by atoms with Crippen LogP contribution in [0.2, 0.25) is 0 Å². The maximum atomic E-state index is 12.1. The number of carboxylic acids is 1. The number of hydrogen-bond donors (Lipinski definition) is 1. The Morgan fingerprint density at radius 2 is 1.85 bits per heavy atom. The second-order valence-corrected chi connectivity index (χ2v) is 6.61. The number of aryl methyl sites for hydroxylation is 1. The van der Waals surface area contributed by atoms with Gasteiger partial charge in [0.05, 0.1) is 5.75 Å². The van der Waals surface area contributed by atoms with Gasteiger partial charge in [-0.3, -0.25) is 0 Å². The highest BCUT2D eigenvalue weighted by molar-refractivity contribution is 7.89. The lowest BCUT2D eigenvalue weighted by atomic mass is 10.2. The first kappa shape index (κ1) is 14.3. The van der Waals surface area contributed by atoms with Gasteiger partial charge in [0.15, 0.2) is 9.84 Å². The molecule has 1 heterocycles. The maximum Gasteiger partial charge on any atom is 0.372 e. The van der Waals surface area contributed by atoms with Gasteiger partial charge in [-0.15, -0.1) is 0 Å². The zero-order chi connectivity index (χ0) is 14.8. The van der Waals surface area contributed by atoms with Crippen molar-refractivity contribution in [3.05, 3.63) is 59.0 Å². The molecule has 20 heavy (non-hydrogen) atoms.